The average Bonchev–Trinajstić information content (AvgIpc) is 3.02. The third kappa shape index (κ3) is 5.40. The van der Waals surface area contributed by atoms with E-state index in [1.165, 1.54) is 31.5 Å². The third-order valence-corrected chi connectivity index (χ3v) is 5.60. The van der Waals surface area contributed by atoms with E-state index < -0.39 is 40.9 Å². The van der Waals surface area contributed by atoms with Gasteiger partial charge in [-0.05, 0) is 5.56 Å². The molecule has 1 aliphatic heterocycles. The van der Waals surface area contributed by atoms with Crippen LogP contribution in [-0.4, -0.2) is 51.0 Å². The molecule has 2 aromatic rings. The van der Waals surface area contributed by atoms with Crippen molar-refractivity contribution in [3.63, 3.8) is 0 Å². The number of anilines is 1. The first-order valence-electron chi connectivity index (χ1n) is 9.73. The van der Waals surface area contributed by atoms with E-state index in [1.54, 1.807) is 0 Å². The van der Waals surface area contributed by atoms with Crippen LogP contribution in [0.25, 0.3) is 11.1 Å². The minimum atomic E-state index is -0.922. The largest absolute Gasteiger partial charge is 0.463 e. The first-order valence-corrected chi connectivity index (χ1v) is 10.6. The summed E-state index contributed by atoms with van der Waals surface area (Å²) < 4.78 is 17.6. The standard InChI is InChI=1S/C21H22BrN3O7/c1-11(26)23-19-15(14-7-5-4-6-8-14)9-25(21(29)24-19)20-17(22)18(31-13(3)28)16(32-20)10-30-12(2)27/h4-9,16-18,20H,10H2,1-3H3,(H,23,24,26,29)/t16-,17-,18-,20-/m1/s1. The average molecular weight is 508 g/mol. The fraction of sp³-hybridized carbons (Fsp3) is 0.381. The van der Waals surface area contributed by atoms with Crippen LogP contribution in [0.2, 0.25) is 0 Å². The predicted octanol–water partition coefficient (Wildman–Crippen LogP) is 2.02. The fourth-order valence-electron chi connectivity index (χ4n) is 3.33. The van der Waals surface area contributed by atoms with Gasteiger partial charge in [-0.25, -0.2) is 4.79 Å². The second-order valence-corrected chi connectivity index (χ2v) is 8.18. The van der Waals surface area contributed by atoms with Crippen LogP contribution in [0.15, 0.2) is 41.3 Å². The van der Waals surface area contributed by atoms with Gasteiger partial charge in [0, 0.05) is 32.5 Å². The van der Waals surface area contributed by atoms with Gasteiger partial charge in [-0.15, -0.1) is 0 Å². The van der Waals surface area contributed by atoms with Gasteiger partial charge in [0.1, 0.15) is 24.6 Å². The number of rotatable bonds is 6. The number of amides is 1. The Labute approximate surface area is 192 Å². The van der Waals surface area contributed by atoms with Crippen LogP contribution in [0.3, 0.4) is 0 Å². The van der Waals surface area contributed by atoms with Gasteiger partial charge in [0.25, 0.3) is 0 Å². The summed E-state index contributed by atoms with van der Waals surface area (Å²) in [5, 5.41) is 2.58. The molecule has 1 aliphatic rings. The number of alkyl halides is 1. The van der Waals surface area contributed by atoms with Crippen molar-refractivity contribution in [3.05, 3.63) is 47.0 Å². The highest BCUT2D eigenvalue weighted by atomic mass is 79.9. The molecule has 1 fully saturated rings. The lowest BCUT2D eigenvalue weighted by Gasteiger charge is -2.20. The van der Waals surface area contributed by atoms with Crippen LogP contribution >= 0.6 is 15.9 Å². The molecule has 1 aromatic heterocycles. The zero-order valence-electron chi connectivity index (χ0n) is 17.6. The second kappa shape index (κ2) is 10.0. The van der Waals surface area contributed by atoms with Gasteiger partial charge in [-0.2, -0.15) is 4.98 Å². The molecule has 1 N–H and O–H groups in total. The Balaban J connectivity index is 2.03. The Morgan fingerprint density at radius 3 is 2.44 bits per heavy atom. The summed E-state index contributed by atoms with van der Waals surface area (Å²) >= 11 is 3.46. The molecule has 0 radical (unpaired) electrons. The van der Waals surface area contributed by atoms with Crippen LogP contribution < -0.4 is 11.0 Å². The molecular weight excluding hydrogens is 486 g/mol. The second-order valence-electron chi connectivity index (χ2n) is 7.13. The van der Waals surface area contributed by atoms with Crippen molar-refractivity contribution in [2.45, 2.75) is 44.0 Å². The minimum absolute atomic E-state index is 0.113. The number of esters is 2. The van der Waals surface area contributed by atoms with Crippen molar-refractivity contribution in [2.24, 2.45) is 0 Å². The number of halogens is 1. The Morgan fingerprint density at radius 1 is 1.16 bits per heavy atom. The van der Waals surface area contributed by atoms with Crippen molar-refractivity contribution in [2.75, 3.05) is 11.9 Å². The maximum absolute atomic E-state index is 12.8. The highest BCUT2D eigenvalue weighted by Gasteiger charge is 2.47. The lowest BCUT2D eigenvalue weighted by Crippen LogP contribution is -2.36. The van der Waals surface area contributed by atoms with Crippen LogP contribution in [-0.2, 0) is 28.6 Å². The number of carbonyl (C=O) groups is 3. The first-order chi connectivity index (χ1) is 15.2. The molecule has 1 saturated heterocycles. The normalized spacial score (nSPS) is 22.2. The molecule has 3 rings (SSSR count). The molecule has 1 amide bonds. The summed E-state index contributed by atoms with van der Waals surface area (Å²) in [5.41, 5.74) is 0.531. The molecule has 0 aliphatic carbocycles. The molecule has 10 nitrogen and oxygen atoms in total. The predicted molar refractivity (Wildman–Crippen MR) is 117 cm³/mol. The SMILES string of the molecule is CC(=O)Nc1nc(=O)n([C@@H]2O[C@H](COC(C)=O)[C@@H](OC(C)=O)[C@H]2Br)cc1-c1ccccc1. The van der Waals surface area contributed by atoms with E-state index in [0.29, 0.717) is 5.56 Å². The number of nitrogens with zero attached hydrogens (tertiary/aromatic N) is 2. The van der Waals surface area contributed by atoms with Crippen LogP contribution in [0, 0.1) is 0 Å². The Kier molecular flexibility index (Phi) is 7.41. The Morgan fingerprint density at radius 2 is 1.84 bits per heavy atom. The molecule has 0 saturated carbocycles. The number of hydrogen-bond donors (Lipinski definition) is 1. The molecule has 0 spiro atoms. The molecule has 32 heavy (non-hydrogen) atoms. The van der Waals surface area contributed by atoms with E-state index in [1.807, 2.05) is 30.3 Å². The van der Waals surface area contributed by atoms with E-state index >= 15 is 0 Å². The summed E-state index contributed by atoms with van der Waals surface area (Å²) in [6, 6.07) is 9.08. The van der Waals surface area contributed by atoms with Crippen molar-refractivity contribution in [3.8, 4) is 11.1 Å². The molecule has 4 atom stereocenters. The van der Waals surface area contributed by atoms with Crippen molar-refractivity contribution >= 4 is 39.6 Å². The Bertz CT molecular complexity index is 1070. The lowest BCUT2D eigenvalue weighted by molar-refractivity contribution is -0.155. The zero-order chi connectivity index (χ0) is 23.4. The van der Waals surface area contributed by atoms with Gasteiger partial charge in [-0.3, -0.25) is 19.0 Å². The monoisotopic (exact) mass is 507 g/mol. The maximum atomic E-state index is 12.8. The highest BCUT2D eigenvalue weighted by Crippen LogP contribution is 2.37. The molecule has 0 unspecified atom stereocenters. The van der Waals surface area contributed by atoms with E-state index in [2.05, 4.69) is 26.2 Å². The summed E-state index contributed by atoms with van der Waals surface area (Å²) in [6.07, 6.45) is -1.03. The van der Waals surface area contributed by atoms with Gasteiger partial charge in [0.2, 0.25) is 5.91 Å². The summed E-state index contributed by atoms with van der Waals surface area (Å²) in [4.78, 5) is 50.7. The van der Waals surface area contributed by atoms with E-state index in [-0.39, 0.29) is 18.3 Å². The van der Waals surface area contributed by atoms with E-state index in [9.17, 15) is 19.2 Å². The molecule has 0 bridgehead atoms. The number of hydrogen-bond acceptors (Lipinski definition) is 8. The first kappa shape index (κ1) is 23.6. The van der Waals surface area contributed by atoms with Gasteiger partial charge < -0.3 is 19.5 Å². The smallest absolute Gasteiger partial charge is 0.351 e. The molecule has 2 heterocycles. The topological polar surface area (TPSA) is 126 Å². The molecule has 170 valence electrons. The highest BCUT2D eigenvalue weighted by molar-refractivity contribution is 9.09. The van der Waals surface area contributed by atoms with E-state index in [4.69, 9.17) is 14.2 Å². The van der Waals surface area contributed by atoms with Crippen molar-refractivity contribution in [1.29, 1.82) is 0 Å². The fourth-order valence-corrected chi connectivity index (χ4v) is 4.15. The number of aromatic nitrogens is 2. The summed E-state index contributed by atoms with van der Waals surface area (Å²) in [6.45, 7) is 3.66. The third-order valence-electron chi connectivity index (χ3n) is 4.62. The minimum Gasteiger partial charge on any atom is -0.463 e. The van der Waals surface area contributed by atoms with Gasteiger partial charge in [0.15, 0.2) is 6.23 Å². The Hall–Kier alpha value is -3.05. The number of nitrogens with one attached hydrogen (secondary N) is 1. The van der Waals surface area contributed by atoms with Crippen LogP contribution in [0.1, 0.15) is 27.0 Å². The lowest BCUT2D eigenvalue weighted by atomic mass is 10.1. The maximum Gasteiger partial charge on any atom is 0.351 e. The van der Waals surface area contributed by atoms with E-state index in [0.717, 1.165) is 5.56 Å². The van der Waals surface area contributed by atoms with Gasteiger partial charge >= 0.3 is 17.6 Å². The number of benzene rings is 1. The molecule has 11 heteroatoms. The van der Waals surface area contributed by atoms with Crippen LogP contribution in [0.5, 0.6) is 0 Å². The molecular formula is C21H22BrN3O7. The summed E-state index contributed by atoms with van der Waals surface area (Å²) in [5.74, 6) is -1.33. The number of carbonyl (C=O) groups excluding carboxylic acids is 3. The van der Waals surface area contributed by atoms with Crippen molar-refractivity contribution in [1.82, 2.24) is 9.55 Å². The van der Waals surface area contributed by atoms with Crippen LogP contribution in [0.4, 0.5) is 5.82 Å². The zero-order valence-corrected chi connectivity index (χ0v) is 19.2. The van der Waals surface area contributed by atoms with Gasteiger partial charge in [0.05, 0.1) is 4.83 Å². The molecule has 1 aromatic carbocycles. The van der Waals surface area contributed by atoms with Crippen molar-refractivity contribution < 1.29 is 28.6 Å². The summed E-state index contributed by atoms with van der Waals surface area (Å²) in [7, 11) is 0. The number of ether oxygens (including phenoxy) is 3. The quantitative estimate of drug-likeness (QED) is 0.464. The van der Waals surface area contributed by atoms with Gasteiger partial charge in [-0.1, -0.05) is 46.3 Å².